The molecular weight excluding hydrogens is 262 g/mol. The average molecular weight is 281 g/mol. The molecule has 0 bridgehead atoms. The van der Waals surface area contributed by atoms with Gasteiger partial charge in [0.2, 0.25) is 0 Å². The molecule has 0 spiro atoms. The van der Waals surface area contributed by atoms with Crippen LogP contribution in [0.4, 0.5) is 17.3 Å². The Kier molecular flexibility index (Phi) is 4.39. The molecule has 1 aromatic carbocycles. The van der Waals surface area contributed by atoms with E-state index in [1.165, 1.54) is 0 Å². The summed E-state index contributed by atoms with van der Waals surface area (Å²) in [7, 11) is 1.84. The first-order valence-corrected chi connectivity index (χ1v) is 6.92. The van der Waals surface area contributed by atoms with Crippen LogP contribution in [0.25, 0.3) is 0 Å². The van der Waals surface area contributed by atoms with E-state index >= 15 is 0 Å². The summed E-state index contributed by atoms with van der Waals surface area (Å²) in [5.41, 5.74) is 3.28. The fourth-order valence-corrected chi connectivity index (χ4v) is 2.13. The number of nitrogens with one attached hydrogen (secondary N) is 2. The van der Waals surface area contributed by atoms with Crippen molar-refractivity contribution in [1.29, 1.82) is 5.26 Å². The summed E-state index contributed by atoms with van der Waals surface area (Å²) in [6.45, 7) is 5.89. The van der Waals surface area contributed by atoms with Crippen molar-refractivity contribution in [3.63, 3.8) is 0 Å². The highest BCUT2D eigenvalue weighted by Gasteiger charge is 2.12. The molecule has 0 fully saturated rings. The lowest BCUT2D eigenvalue weighted by molar-refractivity contribution is 0.935. The molecule has 21 heavy (non-hydrogen) atoms. The van der Waals surface area contributed by atoms with Crippen molar-refractivity contribution in [3.8, 4) is 6.07 Å². The minimum Gasteiger partial charge on any atom is -0.373 e. The van der Waals surface area contributed by atoms with Gasteiger partial charge in [-0.25, -0.2) is 9.97 Å². The molecule has 0 saturated carbocycles. The maximum absolute atomic E-state index is 9.31. The number of hydrogen-bond donors (Lipinski definition) is 2. The van der Waals surface area contributed by atoms with E-state index in [9.17, 15) is 5.26 Å². The van der Waals surface area contributed by atoms with E-state index in [-0.39, 0.29) is 0 Å². The Morgan fingerprint density at radius 1 is 1.19 bits per heavy atom. The molecule has 0 amide bonds. The van der Waals surface area contributed by atoms with Gasteiger partial charge in [0.15, 0.2) is 0 Å². The minimum atomic E-state index is 0.638. The molecule has 0 saturated heterocycles. The Morgan fingerprint density at radius 2 is 1.90 bits per heavy atom. The van der Waals surface area contributed by atoms with Gasteiger partial charge in [-0.2, -0.15) is 5.26 Å². The zero-order valence-corrected chi connectivity index (χ0v) is 12.8. The standard InChI is InChI=1S/C16H19N5/c1-5-14-20-15(18-4)11(3)16(21-14)19-13-8-6-7-10(2)12(13)9-17/h6-8H,5H2,1-4H3,(H2,18,19,20,21). The highest BCUT2D eigenvalue weighted by molar-refractivity contribution is 5.70. The van der Waals surface area contributed by atoms with Crippen LogP contribution in [0.2, 0.25) is 0 Å². The highest BCUT2D eigenvalue weighted by atomic mass is 15.1. The molecule has 108 valence electrons. The third-order valence-corrected chi connectivity index (χ3v) is 3.38. The van der Waals surface area contributed by atoms with Crippen molar-refractivity contribution in [2.75, 3.05) is 17.7 Å². The quantitative estimate of drug-likeness (QED) is 0.899. The van der Waals surface area contributed by atoms with E-state index in [0.29, 0.717) is 5.56 Å². The molecule has 0 aliphatic heterocycles. The highest BCUT2D eigenvalue weighted by Crippen LogP contribution is 2.26. The van der Waals surface area contributed by atoms with Crippen molar-refractivity contribution in [2.45, 2.75) is 27.2 Å². The molecule has 2 rings (SSSR count). The molecule has 1 aromatic heterocycles. The van der Waals surface area contributed by atoms with Crippen LogP contribution in [-0.4, -0.2) is 17.0 Å². The van der Waals surface area contributed by atoms with Gasteiger partial charge >= 0.3 is 0 Å². The number of nitrogens with zero attached hydrogens (tertiary/aromatic N) is 3. The first kappa shape index (κ1) is 14.8. The molecule has 5 nitrogen and oxygen atoms in total. The number of rotatable bonds is 4. The van der Waals surface area contributed by atoms with Gasteiger partial charge in [0, 0.05) is 19.0 Å². The topological polar surface area (TPSA) is 73.6 Å². The van der Waals surface area contributed by atoms with Crippen LogP contribution in [0.1, 0.15) is 29.4 Å². The van der Waals surface area contributed by atoms with Crippen molar-refractivity contribution < 1.29 is 0 Å². The van der Waals surface area contributed by atoms with E-state index < -0.39 is 0 Å². The lowest BCUT2D eigenvalue weighted by atomic mass is 10.1. The molecule has 0 aliphatic rings. The molecule has 0 aliphatic carbocycles. The van der Waals surface area contributed by atoms with E-state index in [1.807, 2.05) is 46.0 Å². The Bertz CT molecular complexity index is 701. The molecular formula is C16H19N5. The molecule has 2 aromatic rings. The molecule has 1 heterocycles. The van der Waals surface area contributed by atoms with Crippen LogP contribution < -0.4 is 10.6 Å². The molecule has 0 unspecified atom stereocenters. The second-order valence-electron chi connectivity index (χ2n) is 4.80. The SMILES string of the molecule is CCc1nc(NC)c(C)c(Nc2cccc(C)c2C#N)n1. The van der Waals surface area contributed by atoms with Gasteiger partial charge in [-0.1, -0.05) is 19.1 Å². The Morgan fingerprint density at radius 3 is 2.52 bits per heavy atom. The third-order valence-electron chi connectivity index (χ3n) is 3.38. The van der Waals surface area contributed by atoms with E-state index in [2.05, 4.69) is 26.7 Å². The van der Waals surface area contributed by atoms with Crippen molar-refractivity contribution in [2.24, 2.45) is 0 Å². The summed E-state index contributed by atoms with van der Waals surface area (Å²) in [6.07, 6.45) is 0.753. The van der Waals surface area contributed by atoms with Crippen LogP contribution in [0.3, 0.4) is 0 Å². The fourth-order valence-electron chi connectivity index (χ4n) is 2.13. The summed E-state index contributed by atoms with van der Waals surface area (Å²) in [5.74, 6) is 2.29. The second-order valence-corrected chi connectivity index (χ2v) is 4.80. The maximum Gasteiger partial charge on any atom is 0.139 e. The van der Waals surface area contributed by atoms with Gasteiger partial charge < -0.3 is 10.6 Å². The smallest absolute Gasteiger partial charge is 0.139 e. The molecule has 5 heteroatoms. The minimum absolute atomic E-state index is 0.638. The molecule has 0 atom stereocenters. The van der Waals surface area contributed by atoms with Gasteiger partial charge in [0.1, 0.15) is 23.5 Å². The van der Waals surface area contributed by atoms with Crippen LogP contribution >= 0.6 is 0 Å². The second kappa shape index (κ2) is 6.23. The Labute approximate surface area is 125 Å². The van der Waals surface area contributed by atoms with Crippen LogP contribution in [0, 0.1) is 25.2 Å². The zero-order chi connectivity index (χ0) is 15.4. The number of benzene rings is 1. The zero-order valence-electron chi connectivity index (χ0n) is 12.8. The van der Waals surface area contributed by atoms with Crippen molar-refractivity contribution in [3.05, 3.63) is 40.7 Å². The summed E-state index contributed by atoms with van der Waals surface area (Å²) in [4.78, 5) is 8.97. The first-order chi connectivity index (χ1) is 10.1. The van der Waals surface area contributed by atoms with Crippen LogP contribution in [0.15, 0.2) is 18.2 Å². The number of aromatic nitrogens is 2. The lowest BCUT2D eigenvalue weighted by Gasteiger charge is -2.14. The number of nitriles is 1. The molecule has 0 radical (unpaired) electrons. The average Bonchev–Trinajstić information content (AvgIpc) is 2.49. The molecule has 2 N–H and O–H groups in total. The van der Waals surface area contributed by atoms with E-state index in [4.69, 9.17) is 0 Å². The number of hydrogen-bond acceptors (Lipinski definition) is 5. The number of aryl methyl sites for hydroxylation is 2. The largest absolute Gasteiger partial charge is 0.373 e. The van der Waals surface area contributed by atoms with Crippen molar-refractivity contribution >= 4 is 17.3 Å². The monoisotopic (exact) mass is 281 g/mol. The normalized spacial score (nSPS) is 10.0. The summed E-state index contributed by atoms with van der Waals surface area (Å²) in [6, 6.07) is 7.97. The predicted molar refractivity (Wildman–Crippen MR) is 84.9 cm³/mol. The number of anilines is 3. The van der Waals surface area contributed by atoms with E-state index in [0.717, 1.165) is 40.7 Å². The summed E-state index contributed by atoms with van der Waals surface area (Å²) in [5, 5.41) is 15.7. The first-order valence-electron chi connectivity index (χ1n) is 6.92. The predicted octanol–water partition coefficient (Wildman–Crippen LogP) is 3.31. The fraction of sp³-hybridized carbons (Fsp3) is 0.312. The van der Waals surface area contributed by atoms with Gasteiger partial charge in [0.05, 0.1) is 11.3 Å². The van der Waals surface area contributed by atoms with Gasteiger partial charge in [-0.15, -0.1) is 0 Å². The maximum atomic E-state index is 9.31. The van der Waals surface area contributed by atoms with Crippen LogP contribution in [0.5, 0.6) is 0 Å². The third kappa shape index (κ3) is 2.95. The van der Waals surface area contributed by atoms with Crippen LogP contribution in [-0.2, 0) is 6.42 Å². The van der Waals surface area contributed by atoms with Gasteiger partial charge in [-0.05, 0) is 25.5 Å². The lowest BCUT2D eigenvalue weighted by Crippen LogP contribution is -2.07. The van der Waals surface area contributed by atoms with E-state index in [1.54, 1.807) is 0 Å². The Hall–Kier alpha value is -2.61. The Balaban J connectivity index is 2.50. The van der Waals surface area contributed by atoms with Gasteiger partial charge in [0.25, 0.3) is 0 Å². The summed E-state index contributed by atoms with van der Waals surface area (Å²) < 4.78 is 0. The van der Waals surface area contributed by atoms with Crippen molar-refractivity contribution in [1.82, 2.24) is 9.97 Å². The summed E-state index contributed by atoms with van der Waals surface area (Å²) >= 11 is 0. The van der Waals surface area contributed by atoms with Gasteiger partial charge in [-0.3, -0.25) is 0 Å².